The molecule has 0 unspecified atom stereocenters. The minimum atomic E-state index is 0.398. The molecule has 0 N–H and O–H groups in total. The normalized spacial score (nSPS) is 37.3. The minimum Gasteiger partial charge on any atom is -0.295 e. The number of halogens is 1. The third-order valence-corrected chi connectivity index (χ3v) is 4.38. The van der Waals surface area contributed by atoms with E-state index in [1.54, 1.807) is 0 Å². The first-order valence-corrected chi connectivity index (χ1v) is 6.20. The van der Waals surface area contributed by atoms with Crippen molar-refractivity contribution in [2.45, 2.75) is 39.0 Å². The Morgan fingerprint density at radius 3 is 2.67 bits per heavy atom. The van der Waals surface area contributed by atoms with E-state index in [9.17, 15) is 4.79 Å². The average Bonchev–Trinajstić information content (AvgIpc) is 2.73. The Kier molecular flexibility index (Phi) is 2.07. The smallest absolute Gasteiger partial charge is 0.159 e. The predicted molar refractivity (Wildman–Crippen MR) is 60.7 cm³/mol. The number of hydrogen-bond acceptors (Lipinski definition) is 1. The zero-order valence-electron chi connectivity index (χ0n) is 8.98. The van der Waals surface area contributed by atoms with Crippen LogP contribution in [0.3, 0.4) is 0 Å². The van der Waals surface area contributed by atoms with Crippen molar-refractivity contribution in [1.82, 2.24) is 0 Å². The van der Waals surface area contributed by atoms with Crippen LogP contribution in [0.4, 0.5) is 0 Å². The van der Waals surface area contributed by atoms with E-state index in [4.69, 9.17) is 11.6 Å². The van der Waals surface area contributed by atoms with Crippen molar-refractivity contribution >= 4 is 17.4 Å². The summed E-state index contributed by atoms with van der Waals surface area (Å²) in [5.41, 5.74) is 3.97. The Bertz CT molecular complexity index is 399. The summed E-state index contributed by atoms with van der Waals surface area (Å²) in [5, 5.41) is 0.935. The fraction of sp³-hybridized carbons (Fsp3) is 0.615. The zero-order chi connectivity index (χ0) is 10.6. The van der Waals surface area contributed by atoms with Gasteiger partial charge in [-0.25, -0.2) is 0 Å². The second-order valence-electron chi connectivity index (χ2n) is 4.89. The first kappa shape index (κ1) is 9.65. The molecule has 3 rings (SSSR count). The molecule has 0 aromatic carbocycles. The van der Waals surface area contributed by atoms with Crippen LogP contribution in [0.1, 0.15) is 39.0 Å². The number of rotatable bonds is 0. The quantitative estimate of drug-likeness (QED) is 0.612. The molecule has 0 amide bonds. The lowest BCUT2D eigenvalue weighted by atomic mass is 9.81. The molecular formula is C13H15ClO. The Labute approximate surface area is 95.2 Å². The second-order valence-corrected chi connectivity index (χ2v) is 5.45. The van der Waals surface area contributed by atoms with Crippen molar-refractivity contribution in [3.63, 3.8) is 0 Å². The van der Waals surface area contributed by atoms with Crippen molar-refractivity contribution < 1.29 is 4.79 Å². The number of Topliss-reactive ketones (excluding diaryl/α,β-unsaturated/α-hetero) is 1. The topological polar surface area (TPSA) is 17.1 Å². The van der Waals surface area contributed by atoms with Crippen molar-refractivity contribution in [2.24, 2.45) is 11.8 Å². The maximum atomic E-state index is 11.9. The lowest BCUT2D eigenvalue weighted by molar-refractivity contribution is -0.116. The van der Waals surface area contributed by atoms with Crippen LogP contribution in [0.15, 0.2) is 21.8 Å². The molecule has 2 heteroatoms. The fourth-order valence-electron chi connectivity index (χ4n) is 3.70. The molecule has 1 saturated carbocycles. The predicted octanol–water partition coefficient (Wildman–Crippen LogP) is 3.59. The Balaban J connectivity index is 2.12. The molecular weight excluding hydrogens is 208 g/mol. The van der Waals surface area contributed by atoms with Crippen LogP contribution in [0.2, 0.25) is 0 Å². The molecule has 2 bridgehead atoms. The van der Waals surface area contributed by atoms with Crippen molar-refractivity contribution in [2.75, 3.05) is 0 Å². The summed E-state index contributed by atoms with van der Waals surface area (Å²) in [6, 6.07) is 0. The van der Waals surface area contributed by atoms with Crippen LogP contribution < -0.4 is 0 Å². The molecule has 0 saturated heterocycles. The summed E-state index contributed by atoms with van der Waals surface area (Å²) in [4.78, 5) is 11.9. The molecule has 1 fully saturated rings. The lowest BCUT2D eigenvalue weighted by Gasteiger charge is -2.22. The van der Waals surface area contributed by atoms with Gasteiger partial charge in [0.1, 0.15) is 0 Å². The highest BCUT2D eigenvalue weighted by Gasteiger charge is 2.46. The molecule has 0 aliphatic heterocycles. The van der Waals surface area contributed by atoms with Gasteiger partial charge in [0.25, 0.3) is 0 Å². The van der Waals surface area contributed by atoms with E-state index in [0.717, 1.165) is 36.3 Å². The van der Waals surface area contributed by atoms with Gasteiger partial charge in [0.05, 0.1) is 0 Å². The Morgan fingerprint density at radius 1 is 1.27 bits per heavy atom. The zero-order valence-corrected chi connectivity index (χ0v) is 9.73. The molecule has 2 atom stereocenters. The summed E-state index contributed by atoms with van der Waals surface area (Å²) in [7, 11) is 0. The third-order valence-electron chi connectivity index (χ3n) is 4.16. The first-order chi connectivity index (χ1) is 7.20. The summed E-state index contributed by atoms with van der Waals surface area (Å²) in [5.74, 6) is 1.33. The number of ketones is 1. The molecule has 0 aromatic heterocycles. The largest absolute Gasteiger partial charge is 0.295 e. The second kappa shape index (κ2) is 3.21. The summed E-state index contributed by atoms with van der Waals surface area (Å²) in [6.07, 6.45) is 5.31. The summed E-state index contributed by atoms with van der Waals surface area (Å²) in [6.45, 7) is 1.98. The maximum absolute atomic E-state index is 11.9. The first-order valence-electron chi connectivity index (χ1n) is 5.82. The van der Waals surface area contributed by atoms with E-state index >= 15 is 0 Å². The van der Waals surface area contributed by atoms with E-state index in [0.29, 0.717) is 17.6 Å². The standard InChI is InChI=1S/C13H15ClO/c1-7(14)12-9-5-6-10(12)13-8(9)3-2-4-11(13)15/h9-10H,2-6H2,1H3/b12-7+/t9-,10-/m0/s1. The van der Waals surface area contributed by atoms with Crippen molar-refractivity contribution in [3.8, 4) is 0 Å². The van der Waals surface area contributed by atoms with Crippen LogP contribution in [0.5, 0.6) is 0 Å². The third kappa shape index (κ3) is 1.19. The van der Waals surface area contributed by atoms with E-state index in [-0.39, 0.29) is 0 Å². The monoisotopic (exact) mass is 222 g/mol. The minimum absolute atomic E-state index is 0.398. The highest BCUT2D eigenvalue weighted by Crippen LogP contribution is 2.56. The molecule has 0 heterocycles. The van der Waals surface area contributed by atoms with Gasteiger partial charge in [0.2, 0.25) is 0 Å². The van der Waals surface area contributed by atoms with Gasteiger partial charge in [-0.1, -0.05) is 17.2 Å². The fourth-order valence-corrected chi connectivity index (χ4v) is 3.96. The van der Waals surface area contributed by atoms with Gasteiger partial charge >= 0.3 is 0 Å². The highest BCUT2D eigenvalue weighted by molar-refractivity contribution is 6.29. The summed E-state index contributed by atoms with van der Waals surface area (Å²) < 4.78 is 0. The number of carbonyl (C=O) groups is 1. The Hall–Kier alpha value is -0.560. The molecule has 0 aromatic rings. The highest BCUT2D eigenvalue weighted by atomic mass is 35.5. The SMILES string of the molecule is C/C(Cl)=C1\[C@@H]2CC[C@H]1C1=C2C(=O)CCC1. The molecule has 15 heavy (non-hydrogen) atoms. The number of allylic oxidation sites excluding steroid dienone is 4. The van der Waals surface area contributed by atoms with Gasteiger partial charge in [0, 0.05) is 28.9 Å². The lowest BCUT2D eigenvalue weighted by Crippen LogP contribution is -2.16. The van der Waals surface area contributed by atoms with Crippen LogP contribution in [-0.2, 0) is 4.79 Å². The van der Waals surface area contributed by atoms with Crippen molar-refractivity contribution in [1.29, 1.82) is 0 Å². The molecule has 3 aliphatic carbocycles. The molecule has 0 spiro atoms. The van der Waals surface area contributed by atoms with Gasteiger partial charge in [-0.3, -0.25) is 4.79 Å². The van der Waals surface area contributed by atoms with Crippen LogP contribution in [0, 0.1) is 11.8 Å². The van der Waals surface area contributed by atoms with E-state index < -0.39 is 0 Å². The number of fused-ring (bicyclic) bond motifs is 4. The van der Waals surface area contributed by atoms with Crippen LogP contribution >= 0.6 is 11.6 Å². The number of hydrogen-bond donors (Lipinski definition) is 0. The molecule has 3 aliphatic rings. The Morgan fingerprint density at radius 2 is 2.00 bits per heavy atom. The van der Waals surface area contributed by atoms with Crippen molar-refractivity contribution in [3.05, 3.63) is 21.8 Å². The van der Waals surface area contributed by atoms with Crippen LogP contribution in [0.25, 0.3) is 0 Å². The average molecular weight is 223 g/mol. The van der Waals surface area contributed by atoms with Crippen LogP contribution in [-0.4, -0.2) is 5.78 Å². The van der Waals surface area contributed by atoms with Gasteiger partial charge in [-0.15, -0.1) is 0 Å². The van der Waals surface area contributed by atoms with E-state index in [2.05, 4.69) is 0 Å². The van der Waals surface area contributed by atoms with E-state index in [1.165, 1.54) is 17.6 Å². The molecule has 1 nitrogen and oxygen atoms in total. The molecule has 80 valence electrons. The van der Waals surface area contributed by atoms with Gasteiger partial charge < -0.3 is 0 Å². The van der Waals surface area contributed by atoms with E-state index in [1.807, 2.05) is 6.92 Å². The molecule has 0 radical (unpaired) electrons. The van der Waals surface area contributed by atoms with Gasteiger partial charge in [-0.2, -0.15) is 0 Å². The van der Waals surface area contributed by atoms with Gasteiger partial charge in [-0.05, 0) is 38.2 Å². The number of carbonyl (C=O) groups excluding carboxylic acids is 1. The maximum Gasteiger partial charge on any atom is 0.159 e. The van der Waals surface area contributed by atoms with Gasteiger partial charge in [0.15, 0.2) is 5.78 Å². The summed E-state index contributed by atoms with van der Waals surface area (Å²) >= 11 is 6.17.